The monoisotopic (exact) mass is 413 g/mol. The fourth-order valence-corrected chi connectivity index (χ4v) is 3.75. The quantitative estimate of drug-likeness (QED) is 0.368. The Morgan fingerprint density at radius 1 is 1.31 bits per heavy atom. The van der Waals surface area contributed by atoms with E-state index in [0.717, 1.165) is 34.4 Å². The van der Waals surface area contributed by atoms with Crippen LogP contribution >= 0.6 is 11.3 Å². The molecule has 0 saturated heterocycles. The predicted molar refractivity (Wildman–Crippen MR) is 99.8 cm³/mol. The van der Waals surface area contributed by atoms with Crippen molar-refractivity contribution in [1.29, 1.82) is 0 Å². The first kappa shape index (κ1) is 18.4. The summed E-state index contributed by atoms with van der Waals surface area (Å²) in [6, 6.07) is 4.68. The molecule has 0 bridgehead atoms. The van der Waals surface area contributed by atoms with Crippen molar-refractivity contribution in [2.24, 2.45) is 0 Å². The third-order valence-electron chi connectivity index (χ3n) is 4.34. The average molecular weight is 413 g/mol. The molecule has 11 heteroatoms. The van der Waals surface area contributed by atoms with Crippen molar-refractivity contribution in [2.75, 3.05) is 4.90 Å². The summed E-state index contributed by atoms with van der Waals surface area (Å²) >= 11 is 1.06. The molecule has 1 aromatic carbocycles. The van der Waals surface area contributed by atoms with E-state index in [4.69, 9.17) is 4.42 Å². The number of carbonyl (C=O) groups is 2. The van der Waals surface area contributed by atoms with Crippen LogP contribution in [-0.2, 0) is 4.79 Å². The largest absolute Gasteiger partial charge is 0.508 e. The minimum absolute atomic E-state index is 0.110. The third kappa shape index (κ3) is 2.93. The maximum Gasteiger partial charge on any atom is 0.296 e. The van der Waals surface area contributed by atoms with E-state index in [1.54, 1.807) is 5.38 Å². The van der Waals surface area contributed by atoms with Gasteiger partial charge in [-0.05, 0) is 18.2 Å². The number of phenolic OH excluding ortho intramolecular Hbond substituents is 1. The summed E-state index contributed by atoms with van der Waals surface area (Å²) < 4.78 is 5.09. The lowest BCUT2D eigenvalue weighted by Crippen LogP contribution is -2.31. The normalized spacial score (nSPS) is 16.5. The number of nitro benzene ring substituents is 1. The van der Waals surface area contributed by atoms with Crippen molar-refractivity contribution in [2.45, 2.75) is 6.04 Å². The van der Waals surface area contributed by atoms with Gasteiger partial charge in [-0.25, -0.2) is 4.98 Å². The number of hydrogen-bond donors (Lipinski definition) is 2. The van der Waals surface area contributed by atoms with Crippen LogP contribution in [0.25, 0.3) is 0 Å². The standard InChI is InChI=1S/C18H11N3O7S/c22-11-4-3-9(21(26)27)8-10(11)14-13(15(23)12-2-1-6-28-12)16(24)17(25)20(14)18-19-5-7-29-18/h1-8,14,22,24H. The van der Waals surface area contributed by atoms with Gasteiger partial charge in [0, 0.05) is 29.3 Å². The number of amides is 1. The van der Waals surface area contributed by atoms with Crippen LogP contribution in [0.2, 0.25) is 0 Å². The van der Waals surface area contributed by atoms with Gasteiger partial charge in [-0.3, -0.25) is 24.6 Å². The lowest BCUT2D eigenvalue weighted by Gasteiger charge is -2.24. The van der Waals surface area contributed by atoms with E-state index in [0.29, 0.717) is 0 Å². The van der Waals surface area contributed by atoms with E-state index < -0.39 is 34.2 Å². The number of nitrogens with zero attached hydrogens (tertiary/aromatic N) is 3. The van der Waals surface area contributed by atoms with Gasteiger partial charge in [-0.2, -0.15) is 0 Å². The second kappa shape index (κ2) is 6.87. The zero-order chi connectivity index (χ0) is 20.7. The number of ketones is 1. The number of aliphatic hydroxyl groups excluding tert-OH is 1. The molecule has 0 fully saturated rings. The van der Waals surface area contributed by atoms with Crippen LogP contribution in [0, 0.1) is 10.1 Å². The molecule has 0 saturated carbocycles. The summed E-state index contributed by atoms with van der Waals surface area (Å²) in [6.45, 7) is 0. The van der Waals surface area contributed by atoms with Crippen LogP contribution in [0.3, 0.4) is 0 Å². The molecule has 0 spiro atoms. The number of thiazole rings is 1. The summed E-state index contributed by atoms with van der Waals surface area (Å²) in [5.41, 5.74) is -0.849. The molecule has 1 atom stereocenters. The molecule has 10 nitrogen and oxygen atoms in total. The highest BCUT2D eigenvalue weighted by Gasteiger charge is 2.47. The molecule has 146 valence electrons. The number of hydrogen-bond acceptors (Lipinski definition) is 9. The molecule has 3 heterocycles. The van der Waals surface area contributed by atoms with Crippen LogP contribution in [0.5, 0.6) is 5.75 Å². The molecule has 1 unspecified atom stereocenters. The number of aromatic nitrogens is 1. The number of phenols is 1. The molecule has 2 aromatic heterocycles. The van der Waals surface area contributed by atoms with Crippen molar-refractivity contribution in [3.63, 3.8) is 0 Å². The van der Waals surface area contributed by atoms with E-state index in [-0.39, 0.29) is 27.7 Å². The van der Waals surface area contributed by atoms with Gasteiger partial charge in [0.15, 0.2) is 16.7 Å². The molecule has 1 amide bonds. The number of non-ortho nitro benzene ring substituents is 1. The number of Topliss-reactive ketones (excluding diaryl/α,β-unsaturated/α-hetero) is 1. The van der Waals surface area contributed by atoms with Gasteiger partial charge in [0.05, 0.1) is 16.8 Å². The molecule has 3 aromatic rings. The number of furan rings is 1. The van der Waals surface area contributed by atoms with Gasteiger partial charge in [-0.1, -0.05) is 0 Å². The topological polar surface area (TPSA) is 147 Å². The van der Waals surface area contributed by atoms with Crippen LogP contribution in [0.15, 0.2) is 63.9 Å². The third-order valence-corrected chi connectivity index (χ3v) is 5.11. The van der Waals surface area contributed by atoms with Crippen molar-refractivity contribution in [3.8, 4) is 5.75 Å². The van der Waals surface area contributed by atoms with Crippen LogP contribution in [-0.4, -0.2) is 31.8 Å². The van der Waals surface area contributed by atoms with Crippen molar-refractivity contribution in [1.82, 2.24) is 4.98 Å². The SMILES string of the molecule is O=C(C1=C(O)C(=O)N(c2nccs2)C1c1cc([N+](=O)[O-])ccc1O)c1ccco1. The number of rotatable bonds is 5. The molecular weight excluding hydrogens is 402 g/mol. The van der Waals surface area contributed by atoms with Gasteiger partial charge in [0.1, 0.15) is 11.8 Å². The number of nitro groups is 1. The van der Waals surface area contributed by atoms with Gasteiger partial charge in [0.25, 0.3) is 11.6 Å². The highest BCUT2D eigenvalue weighted by Crippen LogP contribution is 2.45. The highest BCUT2D eigenvalue weighted by molar-refractivity contribution is 7.13. The Kier molecular flexibility index (Phi) is 4.35. The number of aromatic hydroxyl groups is 1. The maximum absolute atomic E-state index is 13.0. The second-order valence-electron chi connectivity index (χ2n) is 5.96. The zero-order valence-corrected chi connectivity index (χ0v) is 15.2. The molecule has 0 aliphatic carbocycles. The number of anilines is 1. The van der Waals surface area contributed by atoms with Gasteiger partial charge < -0.3 is 14.6 Å². The minimum atomic E-state index is -1.34. The van der Waals surface area contributed by atoms with Crippen molar-refractivity contribution >= 4 is 33.8 Å². The molecular formula is C18H11N3O7S. The van der Waals surface area contributed by atoms with Crippen LogP contribution < -0.4 is 4.90 Å². The highest BCUT2D eigenvalue weighted by atomic mass is 32.1. The van der Waals surface area contributed by atoms with Crippen molar-refractivity contribution < 1.29 is 29.1 Å². The summed E-state index contributed by atoms with van der Waals surface area (Å²) in [6.07, 6.45) is 2.67. The fraction of sp³-hybridized carbons (Fsp3) is 0.0556. The fourth-order valence-electron chi connectivity index (χ4n) is 3.08. The Bertz CT molecular complexity index is 1150. The minimum Gasteiger partial charge on any atom is -0.508 e. The number of benzene rings is 1. The van der Waals surface area contributed by atoms with E-state index in [1.807, 2.05) is 0 Å². The van der Waals surface area contributed by atoms with Crippen molar-refractivity contribution in [3.05, 3.63) is 80.9 Å². The summed E-state index contributed by atoms with van der Waals surface area (Å²) in [5.74, 6) is -3.11. The first-order valence-corrected chi connectivity index (χ1v) is 8.99. The van der Waals surface area contributed by atoms with Crippen LogP contribution in [0.1, 0.15) is 22.2 Å². The first-order chi connectivity index (χ1) is 13.9. The van der Waals surface area contributed by atoms with E-state index >= 15 is 0 Å². The summed E-state index contributed by atoms with van der Waals surface area (Å²) in [4.78, 5) is 41.3. The zero-order valence-electron chi connectivity index (χ0n) is 14.4. The summed E-state index contributed by atoms with van der Waals surface area (Å²) in [7, 11) is 0. The Balaban J connectivity index is 1.94. The molecule has 0 radical (unpaired) electrons. The molecule has 29 heavy (non-hydrogen) atoms. The van der Waals surface area contributed by atoms with E-state index in [2.05, 4.69) is 4.98 Å². The Morgan fingerprint density at radius 3 is 2.72 bits per heavy atom. The second-order valence-corrected chi connectivity index (χ2v) is 6.83. The molecule has 2 N–H and O–H groups in total. The Labute approximate surface area is 166 Å². The molecule has 4 rings (SSSR count). The number of carbonyl (C=O) groups excluding carboxylic acids is 2. The summed E-state index contributed by atoms with van der Waals surface area (Å²) in [5, 5.41) is 33.8. The van der Waals surface area contributed by atoms with Gasteiger partial charge >= 0.3 is 0 Å². The van der Waals surface area contributed by atoms with E-state index in [9.17, 15) is 29.9 Å². The molecule has 1 aliphatic rings. The van der Waals surface area contributed by atoms with Gasteiger partial charge in [-0.15, -0.1) is 11.3 Å². The predicted octanol–water partition coefficient (Wildman–Crippen LogP) is 3.13. The average Bonchev–Trinajstić information content (AvgIpc) is 3.44. The van der Waals surface area contributed by atoms with E-state index in [1.165, 1.54) is 24.6 Å². The number of aliphatic hydroxyl groups is 1. The first-order valence-electron chi connectivity index (χ1n) is 8.12. The van der Waals surface area contributed by atoms with Crippen LogP contribution in [0.4, 0.5) is 10.8 Å². The maximum atomic E-state index is 13.0. The lowest BCUT2D eigenvalue weighted by molar-refractivity contribution is -0.385. The molecule has 1 aliphatic heterocycles. The lowest BCUT2D eigenvalue weighted by atomic mass is 9.94. The van der Waals surface area contributed by atoms with Gasteiger partial charge in [0.2, 0.25) is 5.78 Å². The smallest absolute Gasteiger partial charge is 0.296 e. The Hall–Kier alpha value is -3.99. The Morgan fingerprint density at radius 2 is 2.10 bits per heavy atom.